The van der Waals surface area contributed by atoms with Crippen LogP contribution in [0.25, 0.3) is 6.08 Å². The van der Waals surface area contributed by atoms with Gasteiger partial charge in [0.25, 0.3) is 0 Å². The summed E-state index contributed by atoms with van der Waals surface area (Å²) in [6.07, 6.45) is 3.18. The minimum atomic E-state index is -0.0791. The van der Waals surface area contributed by atoms with Gasteiger partial charge in [0.15, 0.2) is 5.78 Å². The number of halogens is 1. The Balaban J connectivity index is 2.28. The van der Waals surface area contributed by atoms with Gasteiger partial charge in [0.1, 0.15) is 11.5 Å². The standard InChI is InChI=1S/C17H15ClO3/c1-20-16-11-17(21-2)14(18)10-13(16)8-9-15(19)12-6-4-3-5-7-12/h3-11H,1-2H3/b9-8+. The van der Waals surface area contributed by atoms with Gasteiger partial charge in [0.05, 0.1) is 19.2 Å². The number of methoxy groups -OCH3 is 2. The van der Waals surface area contributed by atoms with E-state index >= 15 is 0 Å². The second-order valence-corrected chi connectivity index (χ2v) is 4.70. The zero-order valence-electron chi connectivity index (χ0n) is 11.8. The van der Waals surface area contributed by atoms with Crippen LogP contribution in [0.1, 0.15) is 15.9 Å². The first-order valence-electron chi connectivity index (χ1n) is 6.34. The number of hydrogen-bond acceptors (Lipinski definition) is 3. The number of ketones is 1. The number of allylic oxidation sites excluding steroid dienone is 1. The molecule has 0 heterocycles. The molecule has 0 fully saturated rings. The lowest BCUT2D eigenvalue weighted by molar-refractivity contribution is 0.104. The van der Waals surface area contributed by atoms with Crippen molar-refractivity contribution < 1.29 is 14.3 Å². The third-order valence-corrected chi connectivity index (χ3v) is 3.27. The number of rotatable bonds is 5. The maximum Gasteiger partial charge on any atom is 0.185 e. The molecule has 0 aliphatic heterocycles. The SMILES string of the molecule is COc1cc(OC)c(/C=C/C(=O)c2ccccc2)cc1Cl. The second-order valence-electron chi connectivity index (χ2n) is 4.29. The van der Waals surface area contributed by atoms with Crippen molar-refractivity contribution in [2.24, 2.45) is 0 Å². The van der Waals surface area contributed by atoms with Crippen molar-refractivity contribution in [1.82, 2.24) is 0 Å². The van der Waals surface area contributed by atoms with Crippen LogP contribution in [0.15, 0.2) is 48.5 Å². The van der Waals surface area contributed by atoms with Crippen LogP contribution in [0, 0.1) is 0 Å². The maximum absolute atomic E-state index is 12.0. The predicted octanol–water partition coefficient (Wildman–Crippen LogP) is 4.25. The molecule has 0 aromatic heterocycles. The molecule has 3 nitrogen and oxygen atoms in total. The molecule has 0 saturated heterocycles. The van der Waals surface area contributed by atoms with Crippen LogP contribution in [-0.4, -0.2) is 20.0 Å². The Bertz CT molecular complexity index is 663. The van der Waals surface area contributed by atoms with Crippen molar-refractivity contribution in [2.45, 2.75) is 0 Å². The number of carbonyl (C=O) groups excluding carboxylic acids is 1. The molecular weight excluding hydrogens is 288 g/mol. The Morgan fingerprint density at radius 1 is 1.05 bits per heavy atom. The molecule has 0 amide bonds. The highest BCUT2D eigenvalue weighted by Gasteiger charge is 2.08. The highest BCUT2D eigenvalue weighted by molar-refractivity contribution is 6.32. The summed E-state index contributed by atoms with van der Waals surface area (Å²) in [4.78, 5) is 12.0. The zero-order chi connectivity index (χ0) is 15.2. The normalized spacial score (nSPS) is 10.6. The monoisotopic (exact) mass is 302 g/mol. The van der Waals surface area contributed by atoms with Crippen LogP contribution >= 0.6 is 11.6 Å². The molecule has 0 radical (unpaired) electrons. The van der Waals surface area contributed by atoms with Gasteiger partial charge in [-0.15, -0.1) is 0 Å². The van der Waals surface area contributed by atoms with Gasteiger partial charge < -0.3 is 9.47 Å². The van der Waals surface area contributed by atoms with Gasteiger partial charge in [-0.25, -0.2) is 0 Å². The van der Waals surface area contributed by atoms with E-state index in [4.69, 9.17) is 21.1 Å². The van der Waals surface area contributed by atoms with Crippen LogP contribution in [0.4, 0.5) is 0 Å². The average Bonchev–Trinajstić information content (AvgIpc) is 2.53. The fraction of sp³-hybridized carbons (Fsp3) is 0.118. The van der Waals surface area contributed by atoms with Crippen molar-refractivity contribution >= 4 is 23.5 Å². The fourth-order valence-corrected chi connectivity index (χ4v) is 2.13. The van der Waals surface area contributed by atoms with E-state index in [0.29, 0.717) is 27.6 Å². The number of benzene rings is 2. The minimum absolute atomic E-state index is 0.0791. The summed E-state index contributed by atoms with van der Waals surface area (Å²) in [5, 5.41) is 0.463. The molecular formula is C17H15ClO3. The van der Waals surface area contributed by atoms with Gasteiger partial charge in [0, 0.05) is 17.2 Å². The van der Waals surface area contributed by atoms with E-state index < -0.39 is 0 Å². The molecule has 2 rings (SSSR count). The quantitative estimate of drug-likeness (QED) is 0.612. The molecule has 108 valence electrons. The molecule has 0 spiro atoms. The van der Waals surface area contributed by atoms with E-state index in [-0.39, 0.29) is 5.78 Å². The smallest absolute Gasteiger partial charge is 0.185 e. The van der Waals surface area contributed by atoms with E-state index in [9.17, 15) is 4.79 Å². The van der Waals surface area contributed by atoms with Gasteiger partial charge >= 0.3 is 0 Å². The van der Waals surface area contributed by atoms with Crippen molar-refractivity contribution in [3.05, 3.63) is 64.7 Å². The van der Waals surface area contributed by atoms with E-state index in [2.05, 4.69) is 0 Å². The Morgan fingerprint density at radius 2 is 1.71 bits per heavy atom. The van der Waals surface area contributed by atoms with E-state index in [0.717, 1.165) is 0 Å². The minimum Gasteiger partial charge on any atom is -0.496 e. The molecule has 0 aliphatic carbocycles. The predicted molar refractivity (Wildman–Crippen MR) is 84.4 cm³/mol. The first-order valence-corrected chi connectivity index (χ1v) is 6.72. The molecule has 0 aliphatic rings. The Morgan fingerprint density at radius 3 is 2.33 bits per heavy atom. The number of hydrogen-bond donors (Lipinski definition) is 0. The van der Waals surface area contributed by atoms with Gasteiger partial charge in [-0.05, 0) is 18.2 Å². The summed E-state index contributed by atoms with van der Waals surface area (Å²) in [7, 11) is 3.09. The Labute approximate surface area is 128 Å². The average molecular weight is 303 g/mol. The van der Waals surface area contributed by atoms with E-state index in [1.54, 1.807) is 37.5 Å². The molecule has 0 atom stereocenters. The lowest BCUT2D eigenvalue weighted by Crippen LogP contribution is -1.94. The third kappa shape index (κ3) is 3.64. The van der Waals surface area contributed by atoms with Crippen LogP contribution in [-0.2, 0) is 0 Å². The van der Waals surface area contributed by atoms with Gasteiger partial charge in [-0.1, -0.05) is 41.9 Å². The molecule has 0 saturated carbocycles. The third-order valence-electron chi connectivity index (χ3n) is 2.98. The summed E-state index contributed by atoms with van der Waals surface area (Å²) in [6.45, 7) is 0. The van der Waals surface area contributed by atoms with Gasteiger partial charge in [-0.3, -0.25) is 4.79 Å². The molecule has 2 aromatic rings. The summed E-state index contributed by atoms with van der Waals surface area (Å²) >= 11 is 6.09. The van der Waals surface area contributed by atoms with Crippen LogP contribution < -0.4 is 9.47 Å². The van der Waals surface area contributed by atoms with Crippen molar-refractivity contribution in [3.63, 3.8) is 0 Å². The largest absolute Gasteiger partial charge is 0.496 e. The highest BCUT2D eigenvalue weighted by Crippen LogP contribution is 2.33. The summed E-state index contributed by atoms with van der Waals surface area (Å²) in [5.41, 5.74) is 1.35. The number of carbonyl (C=O) groups is 1. The molecule has 4 heteroatoms. The van der Waals surface area contributed by atoms with Crippen molar-refractivity contribution in [3.8, 4) is 11.5 Å². The van der Waals surface area contributed by atoms with Crippen LogP contribution in [0.5, 0.6) is 11.5 Å². The van der Waals surface area contributed by atoms with Crippen molar-refractivity contribution in [1.29, 1.82) is 0 Å². The van der Waals surface area contributed by atoms with Gasteiger partial charge in [0.2, 0.25) is 0 Å². The second kappa shape index (κ2) is 6.95. The topological polar surface area (TPSA) is 35.5 Å². The van der Waals surface area contributed by atoms with E-state index in [1.807, 2.05) is 18.2 Å². The van der Waals surface area contributed by atoms with Crippen LogP contribution in [0.3, 0.4) is 0 Å². The van der Waals surface area contributed by atoms with E-state index in [1.165, 1.54) is 13.2 Å². The summed E-state index contributed by atoms with van der Waals surface area (Å²) in [5.74, 6) is 1.04. The molecule has 2 aromatic carbocycles. The zero-order valence-corrected chi connectivity index (χ0v) is 12.6. The first-order chi connectivity index (χ1) is 10.2. The first kappa shape index (κ1) is 15.1. The Kier molecular flexibility index (Phi) is 5.01. The lowest BCUT2D eigenvalue weighted by Gasteiger charge is -2.09. The fourth-order valence-electron chi connectivity index (χ4n) is 1.88. The molecule has 0 N–H and O–H groups in total. The number of ether oxygens (including phenoxy) is 2. The Hall–Kier alpha value is -2.26. The highest BCUT2D eigenvalue weighted by atomic mass is 35.5. The maximum atomic E-state index is 12.0. The molecule has 0 unspecified atom stereocenters. The summed E-state index contributed by atoms with van der Waals surface area (Å²) in [6, 6.07) is 12.4. The molecule has 0 bridgehead atoms. The molecule has 21 heavy (non-hydrogen) atoms. The van der Waals surface area contributed by atoms with Gasteiger partial charge in [-0.2, -0.15) is 0 Å². The summed E-state index contributed by atoms with van der Waals surface area (Å²) < 4.78 is 10.4. The van der Waals surface area contributed by atoms with Crippen molar-refractivity contribution in [2.75, 3.05) is 14.2 Å². The van der Waals surface area contributed by atoms with Crippen LogP contribution in [0.2, 0.25) is 5.02 Å². The lowest BCUT2D eigenvalue weighted by atomic mass is 10.1.